The normalized spacial score (nSPS) is 25.4. The van der Waals surface area contributed by atoms with Crippen LogP contribution in [0.4, 0.5) is 0 Å². The van der Waals surface area contributed by atoms with Gasteiger partial charge in [0.1, 0.15) is 48.8 Å². The van der Waals surface area contributed by atoms with Crippen molar-refractivity contribution in [3.05, 3.63) is 12.2 Å². The first-order valence-corrected chi connectivity index (χ1v) is 30.4. The second kappa shape index (κ2) is 45.7. The van der Waals surface area contributed by atoms with Crippen LogP contribution in [-0.4, -0.2) is 140 Å². The van der Waals surface area contributed by atoms with Crippen LogP contribution in [0.25, 0.3) is 0 Å². The van der Waals surface area contributed by atoms with Crippen molar-refractivity contribution in [1.29, 1.82) is 0 Å². The molecule has 0 aromatic heterocycles. The molecule has 0 saturated carbocycles. The summed E-state index contributed by atoms with van der Waals surface area (Å²) in [5.74, 6) is -0.240. The third-order valence-electron chi connectivity index (χ3n) is 15.2. The van der Waals surface area contributed by atoms with Gasteiger partial charge >= 0.3 is 0 Å². The molecular weight excluding hydrogens is 931 g/mol. The molecule has 0 aliphatic carbocycles. The number of rotatable bonds is 49. The minimum atomic E-state index is -1.78. The van der Waals surface area contributed by atoms with Crippen LogP contribution < -0.4 is 5.32 Å². The first-order chi connectivity index (χ1) is 35.6. The maximum atomic E-state index is 13.1. The summed E-state index contributed by atoms with van der Waals surface area (Å²) >= 11 is 0. The molecule has 432 valence electrons. The van der Waals surface area contributed by atoms with Crippen molar-refractivity contribution in [2.24, 2.45) is 0 Å². The smallest absolute Gasteiger partial charge is 0.220 e. The lowest BCUT2D eigenvalue weighted by molar-refractivity contribution is -0.359. The summed E-state index contributed by atoms with van der Waals surface area (Å²) in [6.45, 7) is 2.72. The molecule has 9 N–H and O–H groups in total. The summed E-state index contributed by atoms with van der Waals surface area (Å²) in [5.41, 5.74) is 0. The third kappa shape index (κ3) is 31.7. The molecule has 73 heavy (non-hydrogen) atoms. The van der Waals surface area contributed by atoms with Crippen LogP contribution >= 0.6 is 0 Å². The first-order valence-electron chi connectivity index (χ1n) is 30.4. The highest BCUT2D eigenvalue weighted by molar-refractivity contribution is 5.76. The van der Waals surface area contributed by atoms with Gasteiger partial charge < -0.3 is 65.1 Å². The SMILES string of the molecule is CCCCCC/C=C/C(O)C(COC1OC(CO)C(OC2OC(CO)C(O)C(O)C2O)C(O)C1O)NC(=O)CCCCCCCCCCCCCCCCCCCCCCCCCCCCCCCCCCC. The third-order valence-corrected chi connectivity index (χ3v) is 15.2. The molecule has 2 aliphatic heterocycles. The first kappa shape index (κ1) is 67.8. The largest absolute Gasteiger partial charge is 0.394 e. The van der Waals surface area contributed by atoms with Crippen molar-refractivity contribution in [3.8, 4) is 0 Å². The topological polar surface area (TPSA) is 228 Å². The minimum absolute atomic E-state index is 0.240. The van der Waals surface area contributed by atoms with Gasteiger partial charge in [0, 0.05) is 6.42 Å². The fraction of sp³-hybridized carbons (Fsp3) is 0.949. The quantitative estimate of drug-likeness (QED) is 0.0204. The summed E-state index contributed by atoms with van der Waals surface area (Å²) in [4.78, 5) is 13.1. The number of allylic oxidation sites excluding steroid dienone is 1. The average Bonchev–Trinajstić information content (AvgIpc) is 3.39. The maximum Gasteiger partial charge on any atom is 0.220 e. The molecule has 0 radical (unpaired) electrons. The second-order valence-electron chi connectivity index (χ2n) is 21.8. The number of ether oxygens (including phenoxy) is 4. The Morgan fingerprint density at radius 3 is 1.26 bits per heavy atom. The summed E-state index contributed by atoms with van der Waals surface area (Å²) < 4.78 is 22.6. The minimum Gasteiger partial charge on any atom is -0.394 e. The number of hydrogen-bond donors (Lipinski definition) is 9. The molecule has 2 aliphatic rings. The Morgan fingerprint density at radius 2 is 0.849 bits per heavy atom. The zero-order chi connectivity index (χ0) is 53.2. The summed E-state index contributed by atoms with van der Waals surface area (Å²) in [7, 11) is 0. The monoisotopic (exact) mass is 1040 g/mol. The van der Waals surface area contributed by atoms with Crippen molar-refractivity contribution in [2.75, 3.05) is 19.8 Å². The van der Waals surface area contributed by atoms with E-state index in [0.29, 0.717) is 6.42 Å². The number of hydrogen-bond acceptors (Lipinski definition) is 13. The molecule has 14 heteroatoms. The molecule has 0 aromatic carbocycles. The van der Waals surface area contributed by atoms with Gasteiger partial charge in [0.25, 0.3) is 0 Å². The van der Waals surface area contributed by atoms with Crippen molar-refractivity contribution in [3.63, 3.8) is 0 Å². The molecule has 2 rings (SSSR count). The Kier molecular flexibility index (Phi) is 42.5. The Bertz CT molecular complexity index is 1280. The lowest BCUT2D eigenvalue weighted by Gasteiger charge is -2.46. The van der Waals surface area contributed by atoms with Gasteiger partial charge in [-0.15, -0.1) is 0 Å². The number of carbonyl (C=O) groups is 1. The van der Waals surface area contributed by atoms with Gasteiger partial charge in [-0.2, -0.15) is 0 Å². The highest BCUT2D eigenvalue weighted by Gasteiger charge is 2.51. The Balaban J connectivity index is 1.53. The van der Waals surface area contributed by atoms with Crippen LogP contribution in [-0.2, 0) is 23.7 Å². The van der Waals surface area contributed by atoms with Gasteiger partial charge in [0.15, 0.2) is 12.6 Å². The van der Waals surface area contributed by atoms with Crippen LogP contribution in [0, 0.1) is 0 Å². The number of unbranched alkanes of at least 4 members (excludes halogenated alkanes) is 36. The predicted octanol–water partition coefficient (Wildman–Crippen LogP) is 10.3. The number of amides is 1. The Labute approximate surface area is 444 Å². The van der Waals surface area contributed by atoms with Gasteiger partial charge in [-0.25, -0.2) is 0 Å². The van der Waals surface area contributed by atoms with E-state index in [4.69, 9.17) is 18.9 Å². The highest BCUT2D eigenvalue weighted by atomic mass is 16.7. The van der Waals surface area contributed by atoms with E-state index in [1.54, 1.807) is 6.08 Å². The zero-order valence-electron chi connectivity index (χ0n) is 46.4. The Morgan fingerprint density at radius 1 is 0.479 bits per heavy atom. The summed E-state index contributed by atoms with van der Waals surface area (Å²) in [6, 6.07) is -0.906. The van der Waals surface area contributed by atoms with Crippen LogP contribution in [0.1, 0.15) is 264 Å². The summed E-state index contributed by atoms with van der Waals surface area (Å²) in [6.07, 6.45) is 36.3. The molecule has 2 saturated heterocycles. The van der Waals surface area contributed by atoms with Crippen molar-refractivity contribution >= 4 is 5.91 Å². The molecule has 12 unspecified atom stereocenters. The van der Waals surface area contributed by atoms with E-state index < -0.39 is 86.8 Å². The van der Waals surface area contributed by atoms with Gasteiger partial charge in [0.05, 0.1) is 32.0 Å². The number of carbonyl (C=O) groups excluding carboxylic acids is 1. The molecule has 2 heterocycles. The van der Waals surface area contributed by atoms with Crippen LogP contribution in [0.2, 0.25) is 0 Å². The van der Waals surface area contributed by atoms with Gasteiger partial charge in [-0.1, -0.05) is 251 Å². The van der Waals surface area contributed by atoms with E-state index in [9.17, 15) is 45.6 Å². The van der Waals surface area contributed by atoms with E-state index in [0.717, 1.165) is 51.4 Å². The molecule has 12 atom stereocenters. The van der Waals surface area contributed by atoms with Crippen molar-refractivity contribution in [2.45, 2.75) is 338 Å². The van der Waals surface area contributed by atoms with E-state index >= 15 is 0 Å². The van der Waals surface area contributed by atoms with Crippen LogP contribution in [0.5, 0.6) is 0 Å². The average molecular weight is 1040 g/mol. The fourth-order valence-corrected chi connectivity index (χ4v) is 10.3. The predicted molar refractivity (Wildman–Crippen MR) is 291 cm³/mol. The van der Waals surface area contributed by atoms with Gasteiger partial charge in [-0.3, -0.25) is 4.79 Å². The van der Waals surface area contributed by atoms with E-state index in [1.165, 1.54) is 186 Å². The molecule has 2 fully saturated rings. The maximum absolute atomic E-state index is 13.1. The van der Waals surface area contributed by atoms with E-state index in [1.807, 2.05) is 6.08 Å². The van der Waals surface area contributed by atoms with Crippen molar-refractivity contribution < 1.29 is 64.6 Å². The lowest BCUT2D eigenvalue weighted by Crippen LogP contribution is -2.65. The summed E-state index contributed by atoms with van der Waals surface area (Å²) in [5, 5.41) is 86.5. The standard InChI is InChI=1S/C59H113NO13/c1-3-5-7-9-11-12-13-14-15-16-17-18-19-20-21-22-23-24-25-26-27-28-29-30-31-32-33-34-35-36-37-39-41-43-51(64)60-47(48(63)42-40-38-10-8-6-4-2)46-70-58-56(69)54(67)57(50(45-62)72-58)73-59-55(68)53(66)52(65)49(44-61)71-59/h40,42,47-50,52-59,61-63,65-69H,3-39,41,43-46H2,1-2H3,(H,60,64)/b42-40+. The Hall–Kier alpha value is -1.27. The van der Waals surface area contributed by atoms with Crippen LogP contribution in [0.3, 0.4) is 0 Å². The van der Waals surface area contributed by atoms with Crippen LogP contribution in [0.15, 0.2) is 12.2 Å². The highest BCUT2D eigenvalue weighted by Crippen LogP contribution is 2.30. The fourth-order valence-electron chi connectivity index (χ4n) is 10.3. The van der Waals surface area contributed by atoms with Gasteiger partial charge in [-0.05, 0) is 19.3 Å². The van der Waals surface area contributed by atoms with E-state index in [-0.39, 0.29) is 18.9 Å². The number of aliphatic hydroxyl groups is 8. The molecule has 0 spiro atoms. The molecule has 0 bridgehead atoms. The number of nitrogens with one attached hydrogen (secondary N) is 1. The van der Waals surface area contributed by atoms with Crippen molar-refractivity contribution in [1.82, 2.24) is 5.32 Å². The lowest BCUT2D eigenvalue weighted by atomic mass is 9.97. The second-order valence-corrected chi connectivity index (χ2v) is 21.8. The molecule has 0 aromatic rings. The number of aliphatic hydroxyl groups excluding tert-OH is 8. The molecular formula is C59H113NO13. The van der Waals surface area contributed by atoms with E-state index in [2.05, 4.69) is 19.2 Å². The zero-order valence-corrected chi connectivity index (χ0v) is 46.4. The van der Waals surface area contributed by atoms with Gasteiger partial charge in [0.2, 0.25) is 5.91 Å². The molecule has 14 nitrogen and oxygen atoms in total. The molecule has 1 amide bonds.